The lowest BCUT2D eigenvalue weighted by Crippen LogP contribution is -2.34. The summed E-state index contributed by atoms with van der Waals surface area (Å²) in [5, 5.41) is 0. The molecule has 1 fully saturated rings. The Morgan fingerprint density at radius 1 is 1.17 bits per heavy atom. The third-order valence-corrected chi connectivity index (χ3v) is 3.81. The van der Waals surface area contributed by atoms with Crippen molar-refractivity contribution in [1.29, 1.82) is 0 Å². The predicted octanol–water partition coefficient (Wildman–Crippen LogP) is 4.07. The molecule has 0 aromatic heterocycles. The van der Waals surface area contributed by atoms with Gasteiger partial charge in [0.25, 0.3) is 0 Å². The molecule has 0 radical (unpaired) electrons. The average molecular weight is 257 g/mol. The molecule has 18 heavy (non-hydrogen) atoms. The topological polar surface area (TPSA) is 26.0 Å². The van der Waals surface area contributed by atoms with Crippen LogP contribution in [-0.2, 0) is 11.7 Å². The van der Waals surface area contributed by atoms with E-state index >= 15 is 0 Å². The van der Waals surface area contributed by atoms with Crippen LogP contribution in [0.25, 0.3) is 0 Å². The number of rotatable bonds is 1. The van der Waals surface area contributed by atoms with Gasteiger partial charge in [0.1, 0.15) is 0 Å². The van der Waals surface area contributed by atoms with E-state index in [9.17, 15) is 13.2 Å². The van der Waals surface area contributed by atoms with Crippen molar-refractivity contribution >= 4 is 0 Å². The van der Waals surface area contributed by atoms with E-state index in [1.807, 2.05) is 0 Å². The van der Waals surface area contributed by atoms with Gasteiger partial charge in [-0.25, -0.2) is 0 Å². The monoisotopic (exact) mass is 257 g/mol. The van der Waals surface area contributed by atoms with Crippen LogP contribution in [0.3, 0.4) is 0 Å². The number of hydrogen-bond donors (Lipinski definition) is 1. The van der Waals surface area contributed by atoms with E-state index in [4.69, 9.17) is 5.73 Å². The van der Waals surface area contributed by atoms with Crippen molar-refractivity contribution in [3.63, 3.8) is 0 Å². The molecule has 1 aliphatic rings. The Morgan fingerprint density at radius 2 is 1.83 bits per heavy atom. The lowest BCUT2D eigenvalue weighted by molar-refractivity contribution is -0.137. The van der Waals surface area contributed by atoms with Gasteiger partial charge in [-0.15, -0.1) is 0 Å². The first-order valence-electron chi connectivity index (χ1n) is 6.09. The number of hydrogen-bond acceptors (Lipinski definition) is 1. The number of alkyl halides is 3. The molecule has 1 aliphatic carbocycles. The lowest BCUT2D eigenvalue weighted by Gasteiger charge is -2.27. The molecule has 0 heterocycles. The quantitative estimate of drug-likeness (QED) is 0.806. The van der Waals surface area contributed by atoms with Crippen molar-refractivity contribution in [1.82, 2.24) is 0 Å². The van der Waals surface area contributed by atoms with E-state index < -0.39 is 17.3 Å². The van der Waals surface area contributed by atoms with Gasteiger partial charge in [0.15, 0.2) is 0 Å². The first-order chi connectivity index (χ1) is 8.12. The molecule has 1 aromatic carbocycles. The van der Waals surface area contributed by atoms with Crippen LogP contribution in [0.1, 0.15) is 44.2 Å². The summed E-state index contributed by atoms with van der Waals surface area (Å²) in [7, 11) is 0. The van der Waals surface area contributed by atoms with Gasteiger partial charge >= 0.3 is 6.18 Å². The van der Waals surface area contributed by atoms with Gasteiger partial charge in [-0.1, -0.05) is 26.0 Å². The Labute approximate surface area is 105 Å². The molecule has 1 nitrogen and oxygen atoms in total. The van der Waals surface area contributed by atoms with Crippen molar-refractivity contribution in [3.05, 3.63) is 35.4 Å². The van der Waals surface area contributed by atoms with E-state index in [1.165, 1.54) is 12.1 Å². The van der Waals surface area contributed by atoms with E-state index in [0.29, 0.717) is 5.56 Å². The fourth-order valence-corrected chi connectivity index (χ4v) is 2.84. The Bertz CT molecular complexity index is 451. The van der Waals surface area contributed by atoms with Crippen LogP contribution in [0, 0.1) is 5.41 Å². The molecule has 1 saturated carbocycles. The molecule has 100 valence electrons. The van der Waals surface area contributed by atoms with Gasteiger partial charge in [-0.05, 0) is 42.4 Å². The highest BCUT2D eigenvalue weighted by molar-refractivity contribution is 5.32. The fraction of sp³-hybridized carbons (Fsp3) is 0.571. The smallest absolute Gasteiger partial charge is 0.321 e. The summed E-state index contributed by atoms with van der Waals surface area (Å²) in [6.07, 6.45) is -1.90. The average Bonchev–Trinajstić information content (AvgIpc) is 2.53. The third-order valence-electron chi connectivity index (χ3n) is 3.81. The molecule has 4 heteroatoms. The van der Waals surface area contributed by atoms with Crippen LogP contribution in [0.5, 0.6) is 0 Å². The summed E-state index contributed by atoms with van der Waals surface area (Å²) in [6.45, 7) is 4.21. The molecular formula is C14H18F3N. The minimum absolute atomic E-state index is 0.100. The number of benzene rings is 1. The van der Waals surface area contributed by atoms with Crippen LogP contribution in [0.2, 0.25) is 0 Å². The van der Waals surface area contributed by atoms with E-state index in [0.717, 1.165) is 25.3 Å². The maximum atomic E-state index is 12.7. The maximum absolute atomic E-state index is 12.7. The van der Waals surface area contributed by atoms with Gasteiger partial charge in [-0.3, -0.25) is 0 Å². The van der Waals surface area contributed by atoms with Crippen LogP contribution in [0.15, 0.2) is 24.3 Å². The Morgan fingerprint density at radius 3 is 2.33 bits per heavy atom. The van der Waals surface area contributed by atoms with E-state index in [2.05, 4.69) is 13.8 Å². The zero-order valence-corrected chi connectivity index (χ0v) is 10.6. The van der Waals surface area contributed by atoms with Gasteiger partial charge in [0.05, 0.1) is 5.56 Å². The molecule has 0 aliphatic heterocycles. The lowest BCUT2D eigenvalue weighted by atomic mass is 9.83. The van der Waals surface area contributed by atoms with Gasteiger partial charge in [0, 0.05) is 5.54 Å². The highest BCUT2D eigenvalue weighted by Gasteiger charge is 2.42. The molecule has 0 bridgehead atoms. The van der Waals surface area contributed by atoms with Crippen LogP contribution in [0.4, 0.5) is 13.2 Å². The predicted molar refractivity (Wildman–Crippen MR) is 64.9 cm³/mol. The molecule has 1 unspecified atom stereocenters. The zero-order chi connectivity index (χ0) is 13.6. The first kappa shape index (κ1) is 13.4. The molecule has 1 atom stereocenters. The van der Waals surface area contributed by atoms with Crippen LogP contribution < -0.4 is 5.73 Å². The normalized spacial score (nSPS) is 27.4. The maximum Gasteiger partial charge on any atom is 0.416 e. The summed E-state index contributed by atoms with van der Waals surface area (Å²) < 4.78 is 38.1. The second-order valence-electron chi connectivity index (χ2n) is 6.08. The molecule has 2 N–H and O–H groups in total. The summed E-state index contributed by atoms with van der Waals surface area (Å²) in [6, 6.07) is 5.43. The second-order valence-corrected chi connectivity index (χ2v) is 6.08. The van der Waals surface area contributed by atoms with Crippen molar-refractivity contribution in [2.24, 2.45) is 11.1 Å². The molecule has 0 spiro atoms. The van der Waals surface area contributed by atoms with Crippen molar-refractivity contribution in [2.75, 3.05) is 0 Å². The SMILES string of the molecule is CC1(C)CCC(N)(c2cccc(C(F)(F)F)c2)C1. The number of nitrogens with two attached hydrogens (primary N) is 1. The Balaban J connectivity index is 2.35. The fourth-order valence-electron chi connectivity index (χ4n) is 2.84. The number of halogens is 3. The van der Waals surface area contributed by atoms with Crippen molar-refractivity contribution in [3.8, 4) is 0 Å². The highest BCUT2D eigenvalue weighted by Crippen LogP contribution is 2.47. The van der Waals surface area contributed by atoms with Gasteiger partial charge in [-0.2, -0.15) is 13.2 Å². The second kappa shape index (κ2) is 3.98. The first-order valence-corrected chi connectivity index (χ1v) is 6.09. The summed E-state index contributed by atoms with van der Waals surface area (Å²) in [4.78, 5) is 0. The standard InChI is InChI=1S/C14H18F3N/c1-12(2)6-7-13(18,9-12)10-4-3-5-11(8-10)14(15,16)17/h3-5,8H,6-7,9,18H2,1-2H3. The van der Waals surface area contributed by atoms with Crippen molar-refractivity contribution < 1.29 is 13.2 Å². The minimum atomic E-state index is -4.31. The molecule has 2 rings (SSSR count). The molecule has 1 aromatic rings. The van der Waals surface area contributed by atoms with Gasteiger partial charge < -0.3 is 5.73 Å². The molecule has 0 saturated heterocycles. The van der Waals surface area contributed by atoms with E-state index in [-0.39, 0.29) is 5.41 Å². The van der Waals surface area contributed by atoms with Crippen LogP contribution in [-0.4, -0.2) is 0 Å². The van der Waals surface area contributed by atoms with E-state index in [1.54, 1.807) is 6.07 Å². The Hall–Kier alpha value is -1.03. The largest absolute Gasteiger partial charge is 0.416 e. The van der Waals surface area contributed by atoms with Crippen LogP contribution >= 0.6 is 0 Å². The Kier molecular flexibility index (Phi) is 2.97. The third kappa shape index (κ3) is 2.53. The molecule has 0 amide bonds. The highest BCUT2D eigenvalue weighted by atomic mass is 19.4. The molecular weight excluding hydrogens is 239 g/mol. The van der Waals surface area contributed by atoms with Gasteiger partial charge in [0.2, 0.25) is 0 Å². The minimum Gasteiger partial charge on any atom is -0.321 e. The summed E-state index contributed by atoms with van der Waals surface area (Å²) in [5.41, 5.74) is 5.76. The summed E-state index contributed by atoms with van der Waals surface area (Å²) >= 11 is 0. The zero-order valence-electron chi connectivity index (χ0n) is 10.6. The van der Waals surface area contributed by atoms with Crippen molar-refractivity contribution in [2.45, 2.75) is 44.8 Å². The summed E-state index contributed by atoms with van der Waals surface area (Å²) in [5.74, 6) is 0.